The van der Waals surface area contributed by atoms with Gasteiger partial charge in [0.05, 0.1) is 0 Å². The standard InChI is InChI=1S/C16H26N2O/c1-4-7-13(3)12-18-15-9-6-8-14(11-15)16(19)17-10-5-2/h6,8-9,11,13,18H,4-5,7,10,12H2,1-3H3,(H,17,19). The molecule has 106 valence electrons. The summed E-state index contributed by atoms with van der Waals surface area (Å²) in [5.74, 6) is 0.662. The molecule has 1 unspecified atom stereocenters. The van der Waals surface area contributed by atoms with Crippen molar-refractivity contribution in [3.05, 3.63) is 29.8 Å². The fourth-order valence-corrected chi connectivity index (χ4v) is 2.00. The zero-order valence-electron chi connectivity index (χ0n) is 12.3. The topological polar surface area (TPSA) is 41.1 Å². The zero-order valence-corrected chi connectivity index (χ0v) is 12.3. The van der Waals surface area contributed by atoms with Crippen LogP contribution < -0.4 is 10.6 Å². The van der Waals surface area contributed by atoms with Crippen LogP contribution in [0, 0.1) is 5.92 Å². The zero-order chi connectivity index (χ0) is 14.1. The van der Waals surface area contributed by atoms with Crippen molar-refractivity contribution in [3.63, 3.8) is 0 Å². The van der Waals surface area contributed by atoms with E-state index in [9.17, 15) is 4.79 Å². The first-order valence-corrected chi connectivity index (χ1v) is 7.29. The quantitative estimate of drug-likeness (QED) is 0.750. The Morgan fingerprint density at radius 2 is 2.05 bits per heavy atom. The molecule has 2 N–H and O–H groups in total. The highest BCUT2D eigenvalue weighted by Gasteiger charge is 2.06. The highest BCUT2D eigenvalue weighted by atomic mass is 16.1. The molecule has 0 fully saturated rings. The minimum atomic E-state index is 0.00658. The molecule has 0 spiro atoms. The van der Waals surface area contributed by atoms with Gasteiger partial charge in [0.1, 0.15) is 0 Å². The van der Waals surface area contributed by atoms with Crippen molar-refractivity contribution in [1.82, 2.24) is 5.32 Å². The molecule has 3 nitrogen and oxygen atoms in total. The largest absolute Gasteiger partial charge is 0.385 e. The van der Waals surface area contributed by atoms with Gasteiger partial charge in [0, 0.05) is 24.3 Å². The second-order valence-corrected chi connectivity index (χ2v) is 5.11. The summed E-state index contributed by atoms with van der Waals surface area (Å²) in [7, 11) is 0. The number of hydrogen-bond donors (Lipinski definition) is 2. The van der Waals surface area contributed by atoms with Gasteiger partial charge in [-0.05, 0) is 37.0 Å². The lowest BCUT2D eigenvalue weighted by Crippen LogP contribution is -2.24. The Labute approximate surface area is 116 Å². The number of anilines is 1. The van der Waals surface area contributed by atoms with E-state index >= 15 is 0 Å². The van der Waals surface area contributed by atoms with Crippen LogP contribution in [-0.4, -0.2) is 19.0 Å². The molecule has 0 aliphatic heterocycles. The number of benzene rings is 1. The lowest BCUT2D eigenvalue weighted by molar-refractivity contribution is 0.0953. The Hall–Kier alpha value is -1.51. The van der Waals surface area contributed by atoms with E-state index in [-0.39, 0.29) is 5.91 Å². The number of carbonyl (C=O) groups is 1. The lowest BCUT2D eigenvalue weighted by atomic mass is 10.1. The number of rotatable bonds is 8. The van der Waals surface area contributed by atoms with E-state index in [1.54, 1.807) is 0 Å². The predicted molar refractivity (Wildman–Crippen MR) is 81.6 cm³/mol. The molecule has 0 saturated carbocycles. The van der Waals surface area contributed by atoms with Crippen molar-refractivity contribution >= 4 is 11.6 Å². The molecule has 1 atom stereocenters. The third kappa shape index (κ3) is 5.77. The van der Waals surface area contributed by atoms with E-state index in [1.807, 2.05) is 31.2 Å². The first kappa shape index (κ1) is 15.5. The smallest absolute Gasteiger partial charge is 0.251 e. The molecule has 0 aromatic heterocycles. The lowest BCUT2D eigenvalue weighted by Gasteiger charge is -2.13. The van der Waals surface area contributed by atoms with Crippen LogP contribution in [-0.2, 0) is 0 Å². The highest BCUT2D eigenvalue weighted by molar-refractivity contribution is 5.95. The molecule has 0 aliphatic rings. The molecule has 1 amide bonds. The molecule has 1 aromatic carbocycles. The van der Waals surface area contributed by atoms with E-state index in [0.29, 0.717) is 5.92 Å². The molecule has 0 heterocycles. The van der Waals surface area contributed by atoms with Crippen LogP contribution in [0.5, 0.6) is 0 Å². The van der Waals surface area contributed by atoms with Crippen LogP contribution in [0.25, 0.3) is 0 Å². The third-order valence-corrected chi connectivity index (χ3v) is 3.10. The van der Waals surface area contributed by atoms with Crippen LogP contribution >= 0.6 is 0 Å². The summed E-state index contributed by atoms with van der Waals surface area (Å²) in [4.78, 5) is 11.9. The van der Waals surface area contributed by atoms with Crippen LogP contribution in [0.1, 0.15) is 50.4 Å². The van der Waals surface area contributed by atoms with Crippen molar-refractivity contribution in [3.8, 4) is 0 Å². The van der Waals surface area contributed by atoms with Gasteiger partial charge in [-0.15, -0.1) is 0 Å². The Bertz CT molecular complexity index is 390. The Morgan fingerprint density at radius 3 is 2.74 bits per heavy atom. The molecule has 1 aromatic rings. The minimum absolute atomic E-state index is 0.00658. The fourth-order valence-electron chi connectivity index (χ4n) is 2.00. The van der Waals surface area contributed by atoms with Gasteiger partial charge in [-0.1, -0.05) is 33.3 Å². The van der Waals surface area contributed by atoms with Gasteiger partial charge in [0.2, 0.25) is 0 Å². The van der Waals surface area contributed by atoms with Crippen molar-refractivity contribution in [1.29, 1.82) is 0 Å². The summed E-state index contributed by atoms with van der Waals surface area (Å²) in [5.41, 5.74) is 1.74. The van der Waals surface area contributed by atoms with Gasteiger partial charge in [-0.3, -0.25) is 4.79 Å². The monoisotopic (exact) mass is 262 g/mol. The average Bonchev–Trinajstić information content (AvgIpc) is 2.43. The van der Waals surface area contributed by atoms with Crippen molar-refractivity contribution < 1.29 is 4.79 Å². The maximum Gasteiger partial charge on any atom is 0.251 e. The second kappa shape index (κ2) is 8.57. The molecule has 19 heavy (non-hydrogen) atoms. The van der Waals surface area contributed by atoms with Crippen LogP contribution in [0.4, 0.5) is 5.69 Å². The highest BCUT2D eigenvalue weighted by Crippen LogP contribution is 2.13. The predicted octanol–water partition coefficient (Wildman–Crippen LogP) is 3.67. The van der Waals surface area contributed by atoms with Crippen LogP contribution in [0.15, 0.2) is 24.3 Å². The van der Waals surface area contributed by atoms with Gasteiger partial charge >= 0.3 is 0 Å². The van der Waals surface area contributed by atoms with Crippen molar-refractivity contribution in [2.45, 2.75) is 40.0 Å². The number of carbonyl (C=O) groups excluding carboxylic acids is 1. The van der Waals surface area contributed by atoms with Gasteiger partial charge in [-0.25, -0.2) is 0 Å². The van der Waals surface area contributed by atoms with Crippen molar-refractivity contribution in [2.75, 3.05) is 18.4 Å². The molecule has 0 saturated heterocycles. The average molecular weight is 262 g/mol. The molecular weight excluding hydrogens is 236 g/mol. The second-order valence-electron chi connectivity index (χ2n) is 5.11. The van der Waals surface area contributed by atoms with Crippen LogP contribution in [0.3, 0.4) is 0 Å². The fraction of sp³-hybridized carbons (Fsp3) is 0.562. The van der Waals surface area contributed by atoms with E-state index in [2.05, 4.69) is 24.5 Å². The molecule has 0 radical (unpaired) electrons. The number of nitrogens with one attached hydrogen (secondary N) is 2. The first-order valence-electron chi connectivity index (χ1n) is 7.29. The van der Waals surface area contributed by atoms with Gasteiger partial charge in [0.25, 0.3) is 5.91 Å². The normalized spacial score (nSPS) is 11.9. The Balaban J connectivity index is 2.54. The summed E-state index contributed by atoms with van der Waals surface area (Å²) in [6.07, 6.45) is 3.39. The third-order valence-electron chi connectivity index (χ3n) is 3.10. The molecule has 1 rings (SSSR count). The first-order chi connectivity index (χ1) is 9.17. The summed E-state index contributed by atoms with van der Waals surface area (Å²) in [6.45, 7) is 8.18. The SMILES string of the molecule is CCCNC(=O)c1cccc(NCC(C)CCC)c1. The number of hydrogen-bond acceptors (Lipinski definition) is 2. The van der Waals surface area contributed by atoms with Crippen molar-refractivity contribution in [2.24, 2.45) is 5.92 Å². The van der Waals surface area contributed by atoms with Gasteiger partial charge in [0.15, 0.2) is 0 Å². The maximum atomic E-state index is 11.9. The van der Waals surface area contributed by atoms with Gasteiger partial charge < -0.3 is 10.6 Å². The number of amides is 1. The molecule has 3 heteroatoms. The molecule has 0 bridgehead atoms. The summed E-state index contributed by atoms with van der Waals surface area (Å²) in [6, 6.07) is 7.71. The molecular formula is C16H26N2O. The minimum Gasteiger partial charge on any atom is -0.385 e. The maximum absolute atomic E-state index is 11.9. The van der Waals surface area contributed by atoms with E-state index in [1.165, 1.54) is 12.8 Å². The Morgan fingerprint density at radius 1 is 1.26 bits per heavy atom. The molecule has 0 aliphatic carbocycles. The van der Waals surface area contributed by atoms with Crippen LogP contribution in [0.2, 0.25) is 0 Å². The summed E-state index contributed by atoms with van der Waals surface area (Å²) >= 11 is 0. The van der Waals surface area contributed by atoms with E-state index in [0.717, 1.165) is 30.8 Å². The summed E-state index contributed by atoms with van der Waals surface area (Å²) in [5, 5.41) is 6.29. The Kier molecular flexibility index (Phi) is 7.01. The van der Waals surface area contributed by atoms with Gasteiger partial charge in [-0.2, -0.15) is 0 Å². The van der Waals surface area contributed by atoms with E-state index in [4.69, 9.17) is 0 Å². The van der Waals surface area contributed by atoms with E-state index < -0.39 is 0 Å². The summed E-state index contributed by atoms with van der Waals surface area (Å²) < 4.78 is 0.